The smallest absolute Gasteiger partial charge is 0.331 e. The molecule has 1 N–H and O–H groups in total. The van der Waals surface area contributed by atoms with Crippen LogP contribution in [0.25, 0.3) is 0 Å². The van der Waals surface area contributed by atoms with E-state index in [1.165, 1.54) is 6.20 Å². The average molecular weight is 147 g/mol. The second-order valence-corrected chi connectivity index (χ2v) is 2.66. The highest BCUT2D eigenvalue weighted by Crippen LogP contribution is 2.00. The van der Waals surface area contributed by atoms with Crippen molar-refractivity contribution in [1.29, 1.82) is 0 Å². The largest absolute Gasteiger partial charge is 0.436 e. The third-order valence-electron chi connectivity index (χ3n) is 0.640. The molecule has 1 heterocycles. The van der Waals surface area contributed by atoms with Crippen molar-refractivity contribution in [3.05, 3.63) is 12.5 Å². The van der Waals surface area contributed by atoms with Crippen molar-refractivity contribution >= 4 is 10.0 Å². The van der Waals surface area contributed by atoms with E-state index < -0.39 is 15.2 Å². The van der Waals surface area contributed by atoms with E-state index in [-0.39, 0.29) is 0 Å². The summed E-state index contributed by atoms with van der Waals surface area (Å²) in [5, 5.41) is 5.84. The molecule has 9 heavy (non-hydrogen) atoms. The maximum absolute atomic E-state index is 10.2. The fourth-order valence-electron chi connectivity index (χ4n) is 0.343. The van der Waals surface area contributed by atoms with Gasteiger partial charge in [0.05, 0.1) is 6.20 Å². The third-order valence-corrected chi connectivity index (χ3v) is 1.30. The molecule has 6 heteroatoms. The van der Waals surface area contributed by atoms with Crippen molar-refractivity contribution in [1.82, 2.24) is 10.1 Å². The van der Waals surface area contributed by atoms with Crippen LogP contribution in [0.15, 0.2) is 22.1 Å². The summed E-state index contributed by atoms with van der Waals surface area (Å²) in [5.41, 5.74) is 0. The molecule has 0 saturated carbocycles. The van der Waals surface area contributed by atoms with Crippen molar-refractivity contribution in [2.24, 2.45) is 0 Å². The summed E-state index contributed by atoms with van der Waals surface area (Å²) < 4.78 is 24.7. The molecule has 49 valence electrons. The fraction of sp³-hybridized carbons (Fsp3) is 0. The van der Waals surface area contributed by atoms with Crippen LogP contribution in [0.4, 0.5) is 0 Å². The van der Waals surface area contributed by atoms with Gasteiger partial charge >= 0.3 is 15.2 Å². The van der Waals surface area contributed by atoms with Crippen molar-refractivity contribution < 1.29 is 12.8 Å². The molecule has 0 saturated heterocycles. The molecule has 1 aromatic heterocycles. The Kier molecular flexibility index (Phi) is 1.26. The minimum Gasteiger partial charge on any atom is -0.436 e. The summed E-state index contributed by atoms with van der Waals surface area (Å²) in [6.45, 7) is 0. The Bertz CT molecular complexity index is 274. The summed E-state index contributed by atoms with van der Waals surface area (Å²) in [6, 6.07) is 0. The molecule has 0 aliphatic heterocycles. The Morgan fingerprint density at radius 2 is 2.33 bits per heavy atom. The molecule has 0 unspecified atom stereocenters. The van der Waals surface area contributed by atoms with Crippen molar-refractivity contribution in [2.45, 2.75) is 5.22 Å². The van der Waals surface area contributed by atoms with E-state index >= 15 is 0 Å². The zero-order chi connectivity index (χ0) is 6.91. The van der Waals surface area contributed by atoms with Gasteiger partial charge in [-0.15, -0.1) is 5.14 Å². The molecule has 0 aliphatic carbocycles. The van der Waals surface area contributed by atoms with Crippen LogP contribution in [0.1, 0.15) is 0 Å². The van der Waals surface area contributed by atoms with E-state index in [0.717, 1.165) is 6.26 Å². The summed E-state index contributed by atoms with van der Waals surface area (Å²) >= 11 is 0. The number of oxazole rings is 1. The van der Waals surface area contributed by atoms with Crippen molar-refractivity contribution in [2.75, 3.05) is 0 Å². The zero-order valence-corrected chi connectivity index (χ0v) is 5.05. The molecule has 0 aliphatic rings. The second-order valence-electron chi connectivity index (χ2n) is 1.30. The van der Waals surface area contributed by atoms with Crippen molar-refractivity contribution in [3.63, 3.8) is 0 Å². The Hall–Kier alpha value is -0.880. The van der Waals surface area contributed by atoms with Gasteiger partial charge in [-0.25, -0.2) is 13.4 Å². The van der Waals surface area contributed by atoms with E-state index in [4.69, 9.17) is 5.14 Å². The maximum Gasteiger partial charge on any atom is 0.331 e. The summed E-state index contributed by atoms with van der Waals surface area (Å²) in [4.78, 5) is 3.25. The molecule has 1 radical (unpaired) electrons. The zero-order valence-electron chi connectivity index (χ0n) is 4.23. The molecule has 0 fully saturated rings. The minimum atomic E-state index is -3.99. The van der Waals surface area contributed by atoms with Gasteiger partial charge in [0, 0.05) is 0 Å². The number of rotatable bonds is 1. The predicted molar refractivity (Wildman–Crippen MR) is 26.8 cm³/mol. The summed E-state index contributed by atoms with van der Waals surface area (Å²) in [5.74, 6) is 0. The molecular formula is C3H3N2O3S. The van der Waals surface area contributed by atoms with Gasteiger partial charge in [0.25, 0.3) is 0 Å². The molecule has 0 spiro atoms. The van der Waals surface area contributed by atoms with E-state index in [1.807, 2.05) is 0 Å². The van der Waals surface area contributed by atoms with Crippen molar-refractivity contribution in [3.8, 4) is 0 Å². The highest BCUT2D eigenvalue weighted by Gasteiger charge is 2.12. The minimum absolute atomic E-state index is 0.567. The Labute approximate surface area is 51.5 Å². The quantitative estimate of drug-likeness (QED) is 0.543. The Balaban J connectivity index is 3.20. The average Bonchev–Trinajstić information content (AvgIpc) is 2.08. The molecule has 1 aromatic rings. The number of hydrogen-bond donors (Lipinski definition) is 0. The van der Waals surface area contributed by atoms with Crippen LogP contribution >= 0.6 is 0 Å². The Morgan fingerprint density at radius 3 is 2.56 bits per heavy atom. The van der Waals surface area contributed by atoms with Gasteiger partial charge in [0.15, 0.2) is 0 Å². The third kappa shape index (κ3) is 1.27. The van der Waals surface area contributed by atoms with E-state index in [1.54, 1.807) is 0 Å². The van der Waals surface area contributed by atoms with Crippen LogP contribution in [0.2, 0.25) is 0 Å². The standard InChI is InChI=1S/C3H3N2O3S/c4-9(6,7)3-5-1-2-8-3/h1-2,4H. The first kappa shape index (κ1) is 6.24. The van der Waals surface area contributed by atoms with Crippen LogP contribution in [-0.2, 0) is 10.0 Å². The lowest BCUT2D eigenvalue weighted by atomic mass is 11.0. The molecule has 5 nitrogen and oxygen atoms in total. The first-order valence-electron chi connectivity index (χ1n) is 2.00. The predicted octanol–water partition coefficient (Wildman–Crippen LogP) is -0.354. The first-order chi connectivity index (χ1) is 4.11. The lowest BCUT2D eigenvalue weighted by Crippen LogP contribution is -1.99. The van der Waals surface area contributed by atoms with Gasteiger partial charge in [-0.1, -0.05) is 0 Å². The summed E-state index contributed by atoms with van der Waals surface area (Å²) in [7, 11) is -3.99. The van der Waals surface area contributed by atoms with E-state index in [9.17, 15) is 8.42 Å². The van der Waals surface area contributed by atoms with Gasteiger partial charge in [0.1, 0.15) is 6.26 Å². The van der Waals surface area contributed by atoms with Gasteiger partial charge in [-0.05, 0) is 0 Å². The molecular weight excluding hydrogens is 144 g/mol. The maximum atomic E-state index is 10.2. The lowest BCUT2D eigenvalue weighted by molar-refractivity contribution is 0.430. The number of nitrogens with one attached hydrogen (secondary N) is 1. The first-order valence-corrected chi connectivity index (χ1v) is 3.48. The van der Waals surface area contributed by atoms with Gasteiger partial charge in [0.2, 0.25) is 0 Å². The fourth-order valence-corrected chi connectivity index (χ4v) is 0.725. The SMILES string of the molecule is [NH]S(=O)(=O)c1ncco1. The van der Waals surface area contributed by atoms with E-state index in [0.29, 0.717) is 0 Å². The summed E-state index contributed by atoms with van der Waals surface area (Å²) in [6.07, 6.45) is 2.27. The van der Waals surface area contributed by atoms with E-state index in [2.05, 4.69) is 9.40 Å². The molecule has 0 atom stereocenters. The monoisotopic (exact) mass is 147 g/mol. The normalized spacial score (nSPS) is 11.7. The van der Waals surface area contributed by atoms with Gasteiger partial charge < -0.3 is 4.42 Å². The molecule has 0 bridgehead atoms. The number of hydrogen-bond acceptors (Lipinski definition) is 4. The van der Waals surface area contributed by atoms with Crippen LogP contribution in [0, 0.1) is 0 Å². The van der Waals surface area contributed by atoms with Crippen LogP contribution in [-0.4, -0.2) is 13.4 Å². The van der Waals surface area contributed by atoms with Crippen LogP contribution < -0.4 is 5.14 Å². The second kappa shape index (κ2) is 1.82. The number of aromatic nitrogens is 1. The van der Waals surface area contributed by atoms with Gasteiger partial charge in [-0.2, -0.15) is 0 Å². The molecule has 0 aromatic carbocycles. The van der Waals surface area contributed by atoms with Crippen LogP contribution in [0.5, 0.6) is 0 Å². The highest BCUT2D eigenvalue weighted by molar-refractivity contribution is 7.88. The van der Waals surface area contributed by atoms with Crippen LogP contribution in [0.3, 0.4) is 0 Å². The molecule has 0 amide bonds. The lowest BCUT2D eigenvalue weighted by Gasteiger charge is -1.82. The molecule has 1 rings (SSSR count). The number of nitrogens with zero attached hydrogens (tertiary/aromatic N) is 1. The highest BCUT2D eigenvalue weighted by atomic mass is 32.2. The van der Waals surface area contributed by atoms with Gasteiger partial charge in [-0.3, -0.25) is 0 Å². The topological polar surface area (TPSA) is 84.0 Å². The Morgan fingerprint density at radius 1 is 1.67 bits per heavy atom. The number of sulfonamides is 1.